The lowest BCUT2D eigenvalue weighted by Crippen LogP contribution is -2.24. The normalized spacial score (nSPS) is 13.1. The quantitative estimate of drug-likeness (QED) is 0.0920. The number of nitrogens with zero attached hydrogens (tertiary/aromatic N) is 2. The molecule has 0 aliphatic heterocycles. The van der Waals surface area contributed by atoms with Gasteiger partial charge in [0.15, 0.2) is 0 Å². The van der Waals surface area contributed by atoms with E-state index in [1.807, 2.05) is 0 Å². The number of ether oxygens (including phenoxy) is 1. The molecule has 0 bridgehead atoms. The van der Waals surface area contributed by atoms with E-state index in [-0.39, 0.29) is 29.0 Å². The molecule has 4 rings (SSSR count). The Labute approximate surface area is 234 Å². The Kier molecular flexibility index (Phi) is 9.18. The molecule has 0 spiro atoms. The van der Waals surface area contributed by atoms with Crippen LogP contribution in [0.25, 0.3) is 22.0 Å². The summed E-state index contributed by atoms with van der Waals surface area (Å²) < 4.78 is 61.6. The zero-order valence-corrected chi connectivity index (χ0v) is 22.5. The van der Waals surface area contributed by atoms with E-state index in [2.05, 4.69) is 20.5 Å². The number of nitrogens with two attached hydrogens (primary N) is 1. The molecule has 0 atom stereocenters. The van der Waals surface area contributed by atoms with Crippen molar-refractivity contribution in [3.05, 3.63) is 101 Å². The summed E-state index contributed by atoms with van der Waals surface area (Å²) in [7, 11) is 0. The molecule has 41 heavy (non-hydrogen) atoms. The van der Waals surface area contributed by atoms with Crippen LogP contribution in [0, 0.1) is 5.95 Å². The molecule has 0 saturated heterocycles. The largest absolute Gasteiger partial charge is 0.476 e. The number of pyridine rings is 1. The minimum Gasteiger partial charge on any atom is -0.476 e. The van der Waals surface area contributed by atoms with Crippen molar-refractivity contribution in [2.45, 2.75) is 26.4 Å². The number of hydrogen-bond donors (Lipinski definition) is 3. The first-order chi connectivity index (χ1) is 19.5. The van der Waals surface area contributed by atoms with Crippen LogP contribution in [0.15, 0.2) is 78.0 Å². The number of carbonyl (C=O) groups excluding carboxylic acids is 1. The molecule has 4 N–H and O–H groups in total. The van der Waals surface area contributed by atoms with Crippen LogP contribution in [-0.2, 0) is 4.79 Å². The number of aromatic amines is 1. The van der Waals surface area contributed by atoms with Crippen LogP contribution in [0.2, 0.25) is 0 Å². The molecule has 0 unspecified atom stereocenters. The summed E-state index contributed by atoms with van der Waals surface area (Å²) in [4.78, 5) is 15.6. The zero-order valence-electron chi connectivity index (χ0n) is 22.5. The topological polar surface area (TPSA) is 106 Å². The molecule has 11 heteroatoms. The van der Waals surface area contributed by atoms with Gasteiger partial charge in [-0.25, -0.2) is 4.98 Å². The third kappa shape index (κ3) is 7.57. The molecule has 0 saturated carbocycles. The number of benzene rings is 2. The second-order valence-corrected chi connectivity index (χ2v) is 9.47. The second-order valence-electron chi connectivity index (χ2n) is 9.47. The summed E-state index contributed by atoms with van der Waals surface area (Å²) in [6.45, 7) is 4.64. The molecule has 2 aromatic carbocycles. The number of carbonyl (C=O) groups is 1. The monoisotopic (exact) mass is 567 g/mol. The number of halogens is 4. The fourth-order valence-electron chi connectivity index (χ4n) is 4.29. The van der Waals surface area contributed by atoms with Gasteiger partial charge in [-0.05, 0) is 54.3 Å². The molecular formula is C30H29F4N5O2. The standard InChI is InChI=1S/C30H29F4N5O2/c1-18(19(2)29(35)40)16-36-12-13-41-26-11-9-22(17-37-26)27(21-8-10-25-23(14-21)28(31)39-38-25)24(15-30(32,33)34)20-6-4-3-5-7-20/h3-11,14,17,36H,12-13,15-16H2,1-2H3,(H2,35,40)(H,38,39)/b19-18+,27-24-. The summed E-state index contributed by atoms with van der Waals surface area (Å²) in [5.41, 5.74) is 8.49. The predicted octanol–water partition coefficient (Wildman–Crippen LogP) is 5.80. The first-order valence-electron chi connectivity index (χ1n) is 12.8. The highest BCUT2D eigenvalue weighted by Crippen LogP contribution is 2.40. The highest BCUT2D eigenvalue weighted by atomic mass is 19.4. The van der Waals surface area contributed by atoms with E-state index in [0.717, 1.165) is 5.57 Å². The van der Waals surface area contributed by atoms with Gasteiger partial charge in [0.1, 0.15) is 6.61 Å². The lowest BCUT2D eigenvalue weighted by molar-refractivity contribution is -0.123. The van der Waals surface area contributed by atoms with E-state index in [1.165, 1.54) is 12.3 Å². The van der Waals surface area contributed by atoms with Crippen LogP contribution in [0.5, 0.6) is 5.88 Å². The number of H-pyrrole nitrogens is 1. The van der Waals surface area contributed by atoms with Crippen molar-refractivity contribution < 1.29 is 27.1 Å². The summed E-state index contributed by atoms with van der Waals surface area (Å²) in [5.74, 6) is -0.938. The number of rotatable bonds is 11. The Morgan fingerprint density at radius 1 is 1.02 bits per heavy atom. The van der Waals surface area contributed by atoms with Gasteiger partial charge in [0.05, 0.1) is 17.3 Å². The van der Waals surface area contributed by atoms with Gasteiger partial charge in [-0.1, -0.05) is 42.0 Å². The van der Waals surface area contributed by atoms with Crippen LogP contribution >= 0.6 is 0 Å². The molecule has 0 aliphatic rings. The van der Waals surface area contributed by atoms with Crippen LogP contribution in [-0.4, -0.2) is 47.0 Å². The SMILES string of the molecule is C/C(CNCCOc1ccc(/C(=C(/CC(F)(F)F)c2ccccc2)c2ccc3[nH]nc(F)c3c2)cn1)=C(/C)C(N)=O. The zero-order chi connectivity index (χ0) is 29.6. The van der Waals surface area contributed by atoms with E-state index in [0.29, 0.717) is 40.9 Å². The van der Waals surface area contributed by atoms with Crippen LogP contribution in [0.3, 0.4) is 0 Å². The Hall–Kier alpha value is -4.51. The number of hydrogen-bond acceptors (Lipinski definition) is 5. The minimum absolute atomic E-state index is 0.0238. The van der Waals surface area contributed by atoms with Crippen LogP contribution in [0.4, 0.5) is 17.6 Å². The van der Waals surface area contributed by atoms with Gasteiger partial charge in [-0.3, -0.25) is 9.89 Å². The van der Waals surface area contributed by atoms with Crippen molar-refractivity contribution >= 4 is 28.0 Å². The third-order valence-corrected chi connectivity index (χ3v) is 6.56. The van der Waals surface area contributed by atoms with Gasteiger partial charge in [0, 0.05) is 36.5 Å². The van der Waals surface area contributed by atoms with Gasteiger partial charge in [0.25, 0.3) is 0 Å². The molecule has 214 valence electrons. The summed E-state index contributed by atoms with van der Waals surface area (Å²) in [6.07, 6.45) is -4.27. The van der Waals surface area contributed by atoms with E-state index in [1.54, 1.807) is 68.4 Å². The van der Waals surface area contributed by atoms with Gasteiger partial charge >= 0.3 is 6.18 Å². The first-order valence-corrected chi connectivity index (χ1v) is 12.8. The molecule has 2 heterocycles. The highest BCUT2D eigenvalue weighted by Gasteiger charge is 2.31. The molecule has 2 aromatic heterocycles. The Morgan fingerprint density at radius 2 is 1.76 bits per heavy atom. The number of fused-ring (bicyclic) bond motifs is 1. The second kappa shape index (κ2) is 12.8. The molecular weight excluding hydrogens is 538 g/mol. The molecule has 1 amide bonds. The molecule has 0 fully saturated rings. The fourth-order valence-corrected chi connectivity index (χ4v) is 4.29. The molecule has 0 aliphatic carbocycles. The van der Waals surface area contributed by atoms with Gasteiger partial charge in [-0.15, -0.1) is 5.10 Å². The predicted molar refractivity (Wildman–Crippen MR) is 149 cm³/mol. The van der Waals surface area contributed by atoms with E-state index < -0.39 is 24.5 Å². The summed E-state index contributed by atoms with van der Waals surface area (Å²) in [6, 6.07) is 16.2. The Bertz CT molecular complexity index is 1580. The van der Waals surface area contributed by atoms with Crippen molar-refractivity contribution in [2.24, 2.45) is 5.73 Å². The Balaban J connectivity index is 1.65. The maximum Gasteiger partial charge on any atom is 0.393 e. The van der Waals surface area contributed by atoms with E-state index >= 15 is 0 Å². The maximum atomic E-state index is 14.3. The van der Waals surface area contributed by atoms with Crippen molar-refractivity contribution in [1.82, 2.24) is 20.5 Å². The van der Waals surface area contributed by atoms with Gasteiger partial charge in [0.2, 0.25) is 17.7 Å². The number of allylic oxidation sites excluding steroid dienone is 1. The van der Waals surface area contributed by atoms with Crippen LogP contribution in [0.1, 0.15) is 37.0 Å². The third-order valence-electron chi connectivity index (χ3n) is 6.56. The summed E-state index contributed by atoms with van der Waals surface area (Å²) in [5, 5.41) is 9.44. The summed E-state index contributed by atoms with van der Waals surface area (Å²) >= 11 is 0. The lowest BCUT2D eigenvalue weighted by atomic mass is 9.88. The van der Waals surface area contributed by atoms with Crippen molar-refractivity contribution in [3.63, 3.8) is 0 Å². The van der Waals surface area contributed by atoms with Crippen molar-refractivity contribution in [1.29, 1.82) is 0 Å². The molecule has 7 nitrogen and oxygen atoms in total. The number of aromatic nitrogens is 3. The minimum atomic E-state index is -4.51. The van der Waals surface area contributed by atoms with E-state index in [9.17, 15) is 22.4 Å². The number of nitrogens with one attached hydrogen (secondary N) is 2. The lowest BCUT2D eigenvalue weighted by Gasteiger charge is -2.19. The number of primary amides is 1. The van der Waals surface area contributed by atoms with Gasteiger partial charge < -0.3 is 15.8 Å². The average Bonchev–Trinajstić information content (AvgIpc) is 3.32. The maximum absolute atomic E-state index is 14.3. The van der Waals surface area contributed by atoms with Crippen LogP contribution < -0.4 is 15.8 Å². The van der Waals surface area contributed by atoms with Gasteiger partial charge in [-0.2, -0.15) is 17.6 Å². The molecule has 4 aromatic rings. The Morgan fingerprint density at radius 3 is 2.41 bits per heavy atom. The van der Waals surface area contributed by atoms with Crippen molar-refractivity contribution in [2.75, 3.05) is 19.7 Å². The molecule has 0 radical (unpaired) electrons. The highest BCUT2D eigenvalue weighted by molar-refractivity contribution is 6.00. The first kappa shape index (κ1) is 29.5. The smallest absolute Gasteiger partial charge is 0.393 e. The van der Waals surface area contributed by atoms with E-state index in [4.69, 9.17) is 10.5 Å². The number of amides is 1. The van der Waals surface area contributed by atoms with Crippen molar-refractivity contribution in [3.8, 4) is 5.88 Å². The number of alkyl halides is 3. The fraction of sp³-hybridized carbons (Fsp3) is 0.233. The average molecular weight is 568 g/mol.